The minimum absolute atomic E-state index is 0.0657. The van der Waals surface area contributed by atoms with E-state index in [1.54, 1.807) is 24.3 Å². The molecule has 2 rings (SSSR count). The maximum Gasteiger partial charge on any atom is 0.317 e. The zero-order chi connectivity index (χ0) is 12.3. The Hall–Kier alpha value is -2.24. The topological polar surface area (TPSA) is 87.5 Å². The first-order valence-electron chi connectivity index (χ1n) is 5.33. The van der Waals surface area contributed by atoms with Gasteiger partial charge in [0.15, 0.2) is 0 Å². The van der Waals surface area contributed by atoms with Crippen molar-refractivity contribution in [2.75, 3.05) is 30.7 Å². The molecule has 1 saturated heterocycles. The van der Waals surface area contributed by atoms with Crippen LogP contribution >= 0.6 is 0 Å². The molecule has 3 amide bonds. The molecule has 0 saturated carbocycles. The first-order valence-corrected chi connectivity index (χ1v) is 5.33. The quantitative estimate of drug-likeness (QED) is 0.654. The van der Waals surface area contributed by atoms with E-state index in [0.29, 0.717) is 24.5 Å². The van der Waals surface area contributed by atoms with Crippen LogP contribution in [-0.2, 0) is 4.79 Å². The average Bonchev–Trinajstić information content (AvgIpc) is 2.68. The summed E-state index contributed by atoms with van der Waals surface area (Å²) in [6.07, 6.45) is 0. The molecular formula is C11H14N4O2. The van der Waals surface area contributed by atoms with Gasteiger partial charge in [-0.2, -0.15) is 0 Å². The number of carbonyl (C=O) groups is 2. The Bertz CT molecular complexity index is 430. The second-order valence-corrected chi connectivity index (χ2v) is 3.82. The van der Waals surface area contributed by atoms with E-state index in [9.17, 15) is 9.59 Å². The summed E-state index contributed by atoms with van der Waals surface area (Å²) in [5.41, 5.74) is 6.84. The molecule has 0 spiro atoms. The van der Waals surface area contributed by atoms with Crippen LogP contribution in [0, 0.1) is 0 Å². The van der Waals surface area contributed by atoms with Gasteiger partial charge in [0.25, 0.3) is 0 Å². The van der Waals surface area contributed by atoms with Gasteiger partial charge < -0.3 is 21.3 Å². The van der Waals surface area contributed by atoms with Crippen molar-refractivity contribution in [2.45, 2.75) is 0 Å². The second-order valence-electron chi connectivity index (χ2n) is 3.82. The summed E-state index contributed by atoms with van der Waals surface area (Å²) in [5.74, 6) is -0.216. The van der Waals surface area contributed by atoms with E-state index in [1.807, 2.05) is 0 Å². The summed E-state index contributed by atoms with van der Waals surface area (Å²) in [6, 6.07) is 6.66. The zero-order valence-electron chi connectivity index (χ0n) is 9.27. The van der Waals surface area contributed by atoms with Gasteiger partial charge in [-0.25, -0.2) is 4.79 Å². The average molecular weight is 234 g/mol. The van der Waals surface area contributed by atoms with Crippen LogP contribution in [0.25, 0.3) is 0 Å². The molecule has 0 aromatic heterocycles. The van der Waals surface area contributed by atoms with Gasteiger partial charge in [0, 0.05) is 24.5 Å². The molecule has 0 radical (unpaired) electrons. The molecule has 1 aliphatic heterocycles. The summed E-state index contributed by atoms with van der Waals surface area (Å²) in [7, 11) is 0. The van der Waals surface area contributed by atoms with Gasteiger partial charge in [0.2, 0.25) is 5.91 Å². The number of nitrogens with one attached hydrogen (secondary N) is 2. The molecule has 1 aromatic rings. The molecule has 17 heavy (non-hydrogen) atoms. The van der Waals surface area contributed by atoms with Crippen LogP contribution in [0.2, 0.25) is 0 Å². The zero-order valence-corrected chi connectivity index (χ0v) is 9.27. The molecule has 0 aliphatic carbocycles. The largest absolute Gasteiger partial charge is 0.399 e. The van der Waals surface area contributed by atoms with Crippen LogP contribution in [0.4, 0.5) is 16.2 Å². The number of nitrogens with two attached hydrogens (primary N) is 1. The number of anilines is 2. The molecule has 6 nitrogen and oxygen atoms in total. The fourth-order valence-electron chi connectivity index (χ4n) is 1.60. The molecule has 1 aromatic carbocycles. The smallest absolute Gasteiger partial charge is 0.317 e. The van der Waals surface area contributed by atoms with Gasteiger partial charge in [0.1, 0.15) is 6.54 Å². The maximum absolute atomic E-state index is 11.6. The SMILES string of the molecule is Nc1ccc(NC(=O)CN2CCNC2=O)cc1. The molecule has 1 heterocycles. The van der Waals surface area contributed by atoms with E-state index in [1.165, 1.54) is 4.90 Å². The highest BCUT2D eigenvalue weighted by Gasteiger charge is 2.21. The molecule has 6 heteroatoms. The Morgan fingerprint density at radius 2 is 2.12 bits per heavy atom. The van der Waals surface area contributed by atoms with E-state index >= 15 is 0 Å². The fraction of sp³-hybridized carbons (Fsp3) is 0.273. The number of benzene rings is 1. The van der Waals surface area contributed by atoms with Crippen LogP contribution < -0.4 is 16.4 Å². The standard InChI is InChI=1S/C11H14N4O2/c12-8-1-3-9(4-2-8)14-10(16)7-15-6-5-13-11(15)17/h1-4H,5-7,12H2,(H,13,17)(H,14,16). The van der Waals surface area contributed by atoms with E-state index in [2.05, 4.69) is 10.6 Å². The van der Waals surface area contributed by atoms with Crippen LogP contribution in [-0.4, -0.2) is 36.5 Å². The number of amides is 3. The Morgan fingerprint density at radius 3 is 2.71 bits per heavy atom. The number of hydrogen-bond acceptors (Lipinski definition) is 3. The van der Waals surface area contributed by atoms with Gasteiger partial charge in [-0.15, -0.1) is 0 Å². The highest BCUT2D eigenvalue weighted by atomic mass is 16.2. The van der Waals surface area contributed by atoms with E-state index in [-0.39, 0.29) is 18.5 Å². The number of nitrogens with zero attached hydrogens (tertiary/aromatic N) is 1. The minimum Gasteiger partial charge on any atom is -0.399 e. The maximum atomic E-state index is 11.6. The van der Waals surface area contributed by atoms with E-state index in [0.717, 1.165) is 0 Å². The van der Waals surface area contributed by atoms with Gasteiger partial charge in [-0.05, 0) is 24.3 Å². The van der Waals surface area contributed by atoms with Crippen LogP contribution in [0.15, 0.2) is 24.3 Å². The van der Waals surface area contributed by atoms with Crippen molar-refractivity contribution >= 4 is 23.3 Å². The highest BCUT2D eigenvalue weighted by molar-refractivity contribution is 5.94. The van der Waals surface area contributed by atoms with Crippen LogP contribution in [0.3, 0.4) is 0 Å². The van der Waals surface area contributed by atoms with Crippen molar-refractivity contribution in [1.29, 1.82) is 0 Å². The Morgan fingerprint density at radius 1 is 1.41 bits per heavy atom. The summed E-state index contributed by atoms with van der Waals surface area (Å²) >= 11 is 0. The molecular weight excluding hydrogens is 220 g/mol. The summed E-state index contributed by atoms with van der Waals surface area (Å²) < 4.78 is 0. The van der Waals surface area contributed by atoms with Gasteiger partial charge in [0.05, 0.1) is 0 Å². The van der Waals surface area contributed by atoms with Crippen LogP contribution in [0.5, 0.6) is 0 Å². The van der Waals surface area contributed by atoms with Gasteiger partial charge >= 0.3 is 6.03 Å². The number of rotatable bonds is 3. The van der Waals surface area contributed by atoms with Crippen molar-refractivity contribution in [3.63, 3.8) is 0 Å². The summed E-state index contributed by atoms with van der Waals surface area (Å²) in [5, 5.41) is 5.34. The van der Waals surface area contributed by atoms with E-state index in [4.69, 9.17) is 5.73 Å². The summed E-state index contributed by atoms with van der Waals surface area (Å²) in [4.78, 5) is 24.3. The number of urea groups is 1. The monoisotopic (exact) mass is 234 g/mol. The lowest BCUT2D eigenvalue weighted by molar-refractivity contribution is -0.116. The third-order valence-electron chi connectivity index (χ3n) is 2.47. The van der Waals surface area contributed by atoms with Crippen molar-refractivity contribution < 1.29 is 9.59 Å². The van der Waals surface area contributed by atoms with Crippen LogP contribution in [0.1, 0.15) is 0 Å². The minimum atomic E-state index is -0.216. The van der Waals surface area contributed by atoms with Gasteiger partial charge in [-0.1, -0.05) is 0 Å². The lowest BCUT2D eigenvalue weighted by Gasteiger charge is -2.13. The highest BCUT2D eigenvalue weighted by Crippen LogP contribution is 2.10. The normalized spacial score (nSPS) is 14.6. The van der Waals surface area contributed by atoms with Crippen molar-refractivity contribution in [3.05, 3.63) is 24.3 Å². The summed E-state index contributed by atoms with van der Waals surface area (Å²) in [6.45, 7) is 1.22. The van der Waals surface area contributed by atoms with Crippen molar-refractivity contribution in [2.24, 2.45) is 0 Å². The number of hydrogen-bond donors (Lipinski definition) is 3. The Balaban J connectivity index is 1.88. The van der Waals surface area contributed by atoms with E-state index < -0.39 is 0 Å². The lowest BCUT2D eigenvalue weighted by Crippen LogP contribution is -2.35. The van der Waals surface area contributed by atoms with Gasteiger partial charge in [-0.3, -0.25) is 4.79 Å². The molecule has 0 unspecified atom stereocenters. The predicted octanol–water partition coefficient (Wildman–Crippen LogP) is 0.233. The number of carbonyl (C=O) groups excluding carboxylic acids is 2. The first kappa shape index (κ1) is 11.3. The second kappa shape index (κ2) is 4.73. The number of nitrogen functional groups attached to an aromatic ring is 1. The molecule has 0 atom stereocenters. The third kappa shape index (κ3) is 2.87. The fourth-order valence-corrected chi connectivity index (χ4v) is 1.60. The molecule has 1 aliphatic rings. The third-order valence-corrected chi connectivity index (χ3v) is 2.47. The molecule has 4 N–H and O–H groups in total. The van der Waals surface area contributed by atoms with Crippen molar-refractivity contribution in [1.82, 2.24) is 10.2 Å². The Kier molecular flexibility index (Phi) is 3.13. The molecule has 90 valence electrons. The predicted molar refractivity (Wildman–Crippen MR) is 64.5 cm³/mol. The lowest BCUT2D eigenvalue weighted by atomic mass is 10.3. The molecule has 1 fully saturated rings. The first-order chi connectivity index (χ1) is 8.15. The van der Waals surface area contributed by atoms with Crippen molar-refractivity contribution in [3.8, 4) is 0 Å². The Labute approximate surface area is 98.8 Å². The molecule has 0 bridgehead atoms.